The van der Waals surface area contributed by atoms with E-state index in [1.165, 1.54) is 96.8 Å². The minimum absolute atomic E-state index is 0.208. The third-order valence-corrected chi connectivity index (χ3v) is 5.40. The van der Waals surface area contributed by atoms with Crippen molar-refractivity contribution in [3.63, 3.8) is 0 Å². The highest BCUT2D eigenvalue weighted by Crippen LogP contribution is 2.14. The fourth-order valence-corrected chi connectivity index (χ4v) is 3.63. The zero-order valence-electron chi connectivity index (χ0n) is 18.2. The van der Waals surface area contributed by atoms with E-state index in [-0.39, 0.29) is 12.5 Å². The molecule has 0 aromatic carbocycles. The van der Waals surface area contributed by atoms with Gasteiger partial charge < -0.3 is 15.5 Å². The average molecular weight is 386 g/mol. The summed E-state index contributed by atoms with van der Waals surface area (Å²) in [6.45, 7) is 3.47. The van der Waals surface area contributed by atoms with E-state index in [4.69, 9.17) is 0 Å². The smallest absolute Gasteiger partial charge is 0.217 e. The van der Waals surface area contributed by atoms with Crippen molar-refractivity contribution < 1.29 is 15.0 Å². The van der Waals surface area contributed by atoms with Crippen LogP contribution in [-0.4, -0.2) is 34.9 Å². The van der Waals surface area contributed by atoms with Crippen LogP contribution in [0, 0.1) is 0 Å². The number of unbranched alkanes of at least 4 members (excludes halogenated alkanes) is 15. The first-order valence-corrected chi connectivity index (χ1v) is 11.7. The summed E-state index contributed by atoms with van der Waals surface area (Å²) >= 11 is 0. The van der Waals surface area contributed by atoms with Crippen LogP contribution in [0.4, 0.5) is 0 Å². The average Bonchev–Trinajstić information content (AvgIpc) is 2.65. The van der Waals surface area contributed by atoms with Crippen molar-refractivity contribution in [2.45, 2.75) is 135 Å². The SMILES string of the molecule is CCCCCCCCCCCCCCCCCCC(O)C(CO)NC(C)=O. The predicted octanol–water partition coefficient (Wildman–Crippen LogP) is 5.50. The molecule has 0 spiro atoms. The Balaban J connectivity index is 3.28. The molecule has 0 aliphatic carbocycles. The molecule has 0 saturated carbocycles. The van der Waals surface area contributed by atoms with Crippen molar-refractivity contribution in [1.82, 2.24) is 5.32 Å². The van der Waals surface area contributed by atoms with Gasteiger partial charge in [0.2, 0.25) is 5.91 Å². The molecule has 0 rings (SSSR count). The van der Waals surface area contributed by atoms with Gasteiger partial charge in [-0.25, -0.2) is 0 Å². The highest BCUT2D eigenvalue weighted by molar-refractivity contribution is 5.73. The number of nitrogens with one attached hydrogen (secondary N) is 1. The Morgan fingerprint density at radius 1 is 0.741 bits per heavy atom. The molecule has 162 valence electrons. The summed E-state index contributed by atoms with van der Waals surface area (Å²) in [6, 6.07) is -0.529. The van der Waals surface area contributed by atoms with Gasteiger partial charge in [-0.05, 0) is 6.42 Å². The molecule has 0 aliphatic rings. The van der Waals surface area contributed by atoms with Crippen LogP contribution in [0.15, 0.2) is 0 Å². The zero-order valence-corrected chi connectivity index (χ0v) is 18.2. The highest BCUT2D eigenvalue weighted by atomic mass is 16.3. The van der Waals surface area contributed by atoms with Gasteiger partial charge >= 0.3 is 0 Å². The molecule has 0 radical (unpaired) electrons. The normalized spacial score (nSPS) is 13.5. The van der Waals surface area contributed by atoms with Crippen molar-refractivity contribution in [3.05, 3.63) is 0 Å². The maximum absolute atomic E-state index is 11.0. The molecule has 0 aliphatic heterocycles. The van der Waals surface area contributed by atoms with E-state index in [0.717, 1.165) is 12.8 Å². The van der Waals surface area contributed by atoms with Gasteiger partial charge in [0.05, 0.1) is 18.8 Å². The summed E-state index contributed by atoms with van der Waals surface area (Å²) in [5, 5.41) is 21.8. The van der Waals surface area contributed by atoms with Gasteiger partial charge in [-0.15, -0.1) is 0 Å². The number of hydrogen-bond donors (Lipinski definition) is 3. The largest absolute Gasteiger partial charge is 0.394 e. The Morgan fingerprint density at radius 3 is 1.44 bits per heavy atom. The third-order valence-electron chi connectivity index (χ3n) is 5.40. The van der Waals surface area contributed by atoms with Gasteiger partial charge in [0.25, 0.3) is 0 Å². The van der Waals surface area contributed by atoms with Crippen molar-refractivity contribution >= 4 is 5.91 Å². The molecule has 0 fully saturated rings. The molecule has 0 bridgehead atoms. The lowest BCUT2D eigenvalue weighted by Crippen LogP contribution is -2.44. The second-order valence-corrected chi connectivity index (χ2v) is 8.15. The second-order valence-electron chi connectivity index (χ2n) is 8.15. The Hall–Kier alpha value is -0.610. The fraction of sp³-hybridized carbons (Fsp3) is 0.957. The van der Waals surface area contributed by atoms with Crippen LogP contribution < -0.4 is 5.32 Å². The van der Waals surface area contributed by atoms with Crippen molar-refractivity contribution in [2.75, 3.05) is 6.61 Å². The topological polar surface area (TPSA) is 69.6 Å². The first kappa shape index (κ1) is 26.4. The second kappa shape index (κ2) is 20.1. The van der Waals surface area contributed by atoms with Gasteiger partial charge in [0, 0.05) is 6.92 Å². The standard InChI is InChI=1S/C23H47NO3/c1-3-4-5-6-7-8-9-10-11-12-13-14-15-16-17-18-19-23(27)22(20-25)24-21(2)26/h22-23,25,27H,3-20H2,1-2H3,(H,24,26). The third kappa shape index (κ3) is 18.5. The molecular weight excluding hydrogens is 338 g/mol. The maximum atomic E-state index is 11.0. The minimum atomic E-state index is -0.648. The number of rotatable bonds is 20. The predicted molar refractivity (Wildman–Crippen MR) is 115 cm³/mol. The first-order valence-electron chi connectivity index (χ1n) is 11.7. The molecule has 1 amide bonds. The highest BCUT2D eigenvalue weighted by Gasteiger charge is 2.18. The van der Waals surface area contributed by atoms with Crippen molar-refractivity contribution in [3.8, 4) is 0 Å². The monoisotopic (exact) mass is 385 g/mol. The zero-order chi connectivity index (χ0) is 20.2. The van der Waals surface area contributed by atoms with Crippen LogP contribution >= 0.6 is 0 Å². The molecule has 3 N–H and O–H groups in total. The van der Waals surface area contributed by atoms with Crippen LogP contribution in [0.3, 0.4) is 0 Å². The Morgan fingerprint density at radius 2 is 1.11 bits per heavy atom. The number of carbonyl (C=O) groups is 1. The van der Waals surface area contributed by atoms with Gasteiger partial charge in [0.1, 0.15) is 0 Å². The summed E-state index contributed by atoms with van der Waals surface area (Å²) in [4.78, 5) is 11.0. The van der Waals surface area contributed by atoms with Crippen LogP contribution in [0.2, 0.25) is 0 Å². The lowest BCUT2D eigenvalue weighted by atomic mass is 10.0. The van der Waals surface area contributed by atoms with E-state index in [1.807, 2.05) is 0 Å². The van der Waals surface area contributed by atoms with E-state index in [0.29, 0.717) is 6.42 Å². The van der Waals surface area contributed by atoms with Crippen LogP contribution in [0.5, 0.6) is 0 Å². The van der Waals surface area contributed by atoms with Crippen LogP contribution in [-0.2, 0) is 4.79 Å². The van der Waals surface area contributed by atoms with Crippen LogP contribution in [0.25, 0.3) is 0 Å². The summed E-state index contributed by atoms with van der Waals surface area (Å²) in [7, 11) is 0. The maximum Gasteiger partial charge on any atom is 0.217 e. The number of amides is 1. The Kier molecular flexibility index (Phi) is 19.7. The summed E-state index contributed by atoms with van der Waals surface area (Å²) in [5.41, 5.74) is 0. The molecule has 0 aromatic heterocycles. The van der Waals surface area contributed by atoms with Crippen LogP contribution in [0.1, 0.15) is 123 Å². The molecule has 0 heterocycles. The number of carbonyl (C=O) groups excluding carboxylic acids is 1. The molecular formula is C23H47NO3. The van der Waals surface area contributed by atoms with E-state index in [2.05, 4.69) is 12.2 Å². The lowest BCUT2D eigenvalue weighted by Gasteiger charge is -2.21. The van der Waals surface area contributed by atoms with E-state index in [1.54, 1.807) is 0 Å². The van der Waals surface area contributed by atoms with E-state index >= 15 is 0 Å². The number of aliphatic hydroxyl groups excluding tert-OH is 2. The Bertz CT molecular complexity index is 323. The lowest BCUT2D eigenvalue weighted by molar-refractivity contribution is -0.121. The van der Waals surface area contributed by atoms with E-state index < -0.39 is 12.1 Å². The first-order chi connectivity index (χ1) is 13.1. The fourth-order valence-electron chi connectivity index (χ4n) is 3.63. The van der Waals surface area contributed by atoms with Gasteiger partial charge in [-0.3, -0.25) is 4.79 Å². The van der Waals surface area contributed by atoms with E-state index in [9.17, 15) is 15.0 Å². The summed E-state index contributed by atoms with van der Waals surface area (Å²) in [5.74, 6) is -0.208. The Labute approximate surface area is 168 Å². The number of hydrogen-bond acceptors (Lipinski definition) is 3. The molecule has 2 atom stereocenters. The molecule has 4 nitrogen and oxygen atoms in total. The number of aliphatic hydroxyl groups is 2. The molecule has 0 aromatic rings. The van der Waals surface area contributed by atoms with Gasteiger partial charge in [-0.2, -0.15) is 0 Å². The van der Waals surface area contributed by atoms with Crippen molar-refractivity contribution in [1.29, 1.82) is 0 Å². The summed E-state index contributed by atoms with van der Waals surface area (Å²) in [6.07, 6.45) is 21.3. The quantitative estimate of drug-likeness (QED) is 0.242. The molecule has 27 heavy (non-hydrogen) atoms. The van der Waals surface area contributed by atoms with Gasteiger partial charge in [-0.1, -0.05) is 110 Å². The summed E-state index contributed by atoms with van der Waals surface area (Å²) < 4.78 is 0. The van der Waals surface area contributed by atoms with Crippen molar-refractivity contribution in [2.24, 2.45) is 0 Å². The van der Waals surface area contributed by atoms with Gasteiger partial charge in [0.15, 0.2) is 0 Å². The molecule has 0 saturated heterocycles. The molecule has 4 heteroatoms. The minimum Gasteiger partial charge on any atom is -0.394 e. The molecule has 2 unspecified atom stereocenters.